The van der Waals surface area contributed by atoms with Crippen molar-refractivity contribution in [3.05, 3.63) is 23.8 Å². The molecule has 0 saturated heterocycles. The van der Waals surface area contributed by atoms with Gasteiger partial charge in [0.05, 0.1) is 24.0 Å². The van der Waals surface area contributed by atoms with Gasteiger partial charge < -0.3 is 16.4 Å². The second kappa shape index (κ2) is 9.54. The van der Waals surface area contributed by atoms with E-state index in [9.17, 15) is 18.0 Å². The molecule has 0 aromatic heterocycles. The molecule has 0 aliphatic heterocycles. The van der Waals surface area contributed by atoms with Crippen molar-refractivity contribution in [2.24, 2.45) is 11.7 Å². The Hall–Kier alpha value is -2.13. The lowest BCUT2D eigenvalue weighted by molar-refractivity contribution is -0.125. The topological polar surface area (TPSA) is 130 Å². The highest BCUT2D eigenvalue weighted by molar-refractivity contribution is 7.92. The van der Waals surface area contributed by atoms with E-state index < -0.39 is 27.9 Å². The van der Waals surface area contributed by atoms with Gasteiger partial charge in [-0.1, -0.05) is 26.8 Å². The lowest BCUT2D eigenvalue weighted by Crippen LogP contribution is -2.46. The lowest BCUT2D eigenvalue weighted by atomic mass is 10.1. The molecule has 0 spiro atoms. The van der Waals surface area contributed by atoms with Crippen LogP contribution >= 0.6 is 0 Å². The maximum Gasteiger partial charge on any atom is 0.243 e. The van der Waals surface area contributed by atoms with Crippen LogP contribution in [0.5, 0.6) is 0 Å². The van der Waals surface area contributed by atoms with Crippen LogP contribution in [0.2, 0.25) is 0 Å². The zero-order chi connectivity index (χ0) is 19.9. The number of sulfonamides is 1. The first-order chi connectivity index (χ1) is 12.1. The molecule has 0 unspecified atom stereocenters. The molecule has 0 bridgehead atoms. The molecule has 0 heterocycles. The highest BCUT2D eigenvalue weighted by Gasteiger charge is 2.18. The molecular weight excluding hydrogens is 356 g/mol. The summed E-state index contributed by atoms with van der Waals surface area (Å²) in [5, 5.41) is 5.15. The summed E-state index contributed by atoms with van der Waals surface area (Å²) in [4.78, 5) is 23.8. The van der Waals surface area contributed by atoms with Gasteiger partial charge in [-0.2, -0.15) is 0 Å². The Balaban J connectivity index is 2.74. The van der Waals surface area contributed by atoms with Crippen molar-refractivity contribution in [1.29, 1.82) is 0 Å². The van der Waals surface area contributed by atoms with Crippen molar-refractivity contribution >= 4 is 33.2 Å². The number of anilines is 2. The molecule has 2 amide bonds. The number of rotatable bonds is 9. The molecule has 1 aromatic carbocycles. The summed E-state index contributed by atoms with van der Waals surface area (Å²) < 4.78 is 26.4. The van der Waals surface area contributed by atoms with E-state index in [4.69, 9.17) is 5.73 Å². The van der Waals surface area contributed by atoms with E-state index in [0.717, 1.165) is 0 Å². The van der Waals surface area contributed by atoms with Crippen LogP contribution in [0.3, 0.4) is 0 Å². The first kappa shape index (κ1) is 21.9. The van der Waals surface area contributed by atoms with Crippen molar-refractivity contribution in [1.82, 2.24) is 5.32 Å². The van der Waals surface area contributed by atoms with Crippen LogP contribution in [0.15, 0.2) is 18.2 Å². The molecule has 0 aliphatic rings. The Labute approximate surface area is 155 Å². The number of nitrogens with two attached hydrogens (primary N) is 1. The van der Waals surface area contributed by atoms with Gasteiger partial charge in [-0.25, -0.2) is 8.42 Å². The van der Waals surface area contributed by atoms with E-state index in [1.807, 2.05) is 13.8 Å². The molecule has 0 saturated carbocycles. The molecule has 26 heavy (non-hydrogen) atoms. The minimum atomic E-state index is -3.43. The second-order valence-electron chi connectivity index (χ2n) is 6.43. The Bertz CT molecular complexity index is 747. The van der Waals surface area contributed by atoms with Gasteiger partial charge in [-0.3, -0.25) is 14.3 Å². The maximum absolute atomic E-state index is 12.1. The van der Waals surface area contributed by atoms with Gasteiger partial charge >= 0.3 is 0 Å². The van der Waals surface area contributed by atoms with Crippen LogP contribution in [0, 0.1) is 12.8 Å². The fraction of sp³-hybridized carbons (Fsp3) is 0.529. The van der Waals surface area contributed by atoms with E-state index in [1.54, 1.807) is 32.0 Å². The minimum absolute atomic E-state index is 0.0190. The first-order valence-electron chi connectivity index (χ1n) is 8.50. The smallest absolute Gasteiger partial charge is 0.243 e. The van der Waals surface area contributed by atoms with Gasteiger partial charge in [0, 0.05) is 5.69 Å². The van der Waals surface area contributed by atoms with Gasteiger partial charge in [0.15, 0.2) is 0 Å². The van der Waals surface area contributed by atoms with E-state index in [-0.39, 0.29) is 18.2 Å². The third-order valence-corrected chi connectivity index (χ3v) is 5.27. The molecule has 0 radical (unpaired) electrons. The van der Waals surface area contributed by atoms with Crippen molar-refractivity contribution in [3.8, 4) is 0 Å². The average Bonchev–Trinajstić information content (AvgIpc) is 2.55. The Kier molecular flexibility index (Phi) is 8.04. The van der Waals surface area contributed by atoms with Crippen molar-refractivity contribution in [3.63, 3.8) is 0 Å². The van der Waals surface area contributed by atoms with Crippen LogP contribution in [-0.2, 0) is 19.6 Å². The van der Waals surface area contributed by atoms with Gasteiger partial charge in [-0.05, 0) is 37.0 Å². The molecule has 0 fully saturated rings. The highest BCUT2D eigenvalue weighted by Crippen LogP contribution is 2.24. The number of hydrogen-bond acceptors (Lipinski definition) is 5. The van der Waals surface area contributed by atoms with E-state index in [0.29, 0.717) is 23.4 Å². The van der Waals surface area contributed by atoms with E-state index >= 15 is 0 Å². The predicted octanol–water partition coefficient (Wildman–Crippen LogP) is 1.18. The summed E-state index contributed by atoms with van der Waals surface area (Å²) >= 11 is 0. The van der Waals surface area contributed by atoms with E-state index in [2.05, 4.69) is 15.4 Å². The number of amides is 2. The van der Waals surface area contributed by atoms with E-state index in [1.165, 1.54) is 0 Å². The summed E-state index contributed by atoms with van der Waals surface area (Å²) in [6, 6.07) is 4.24. The van der Waals surface area contributed by atoms with Gasteiger partial charge in [0.25, 0.3) is 0 Å². The number of benzene rings is 1. The maximum atomic E-state index is 12.1. The monoisotopic (exact) mass is 384 g/mol. The molecule has 1 atom stereocenters. The van der Waals surface area contributed by atoms with Gasteiger partial charge in [0.2, 0.25) is 21.8 Å². The predicted molar refractivity (Wildman–Crippen MR) is 103 cm³/mol. The third-order valence-electron chi connectivity index (χ3n) is 3.79. The zero-order valence-corrected chi connectivity index (χ0v) is 16.4. The Morgan fingerprint density at radius 3 is 2.38 bits per heavy atom. The van der Waals surface area contributed by atoms with Crippen LogP contribution in [0.25, 0.3) is 0 Å². The fourth-order valence-electron chi connectivity index (χ4n) is 2.15. The van der Waals surface area contributed by atoms with Crippen LogP contribution in [0.1, 0.15) is 32.8 Å². The molecule has 8 nitrogen and oxygen atoms in total. The molecule has 0 aliphatic carbocycles. The highest BCUT2D eigenvalue weighted by atomic mass is 32.2. The molecule has 146 valence electrons. The lowest BCUT2D eigenvalue weighted by Gasteiger charge is -2.16. The number of carbonyl (C=O) groups is 2. The average molecular weight is 385 g/mol. The normalized spacial score (nSPS) is 12.5. The van der Waals surface area contributed by atoms with Gasteiger partial charge in [0.1, 0.15) is 0 Å². The van der Waals surface area contributed by atoms with Gasteiger partial charge in [-0.15, -0.1) is 0 Å². The number of carbonyl (C=O) groups excluding carboxylic acids is 2. The largest absolute Gasteiger partial charge is 0.346 e. The second-order valence-corrected chi connectivity index (χ2v) is 8.28. The standard InChI is InChI=1S/C17H28N4O4S/c1-5-9-26(24,25)21-14-8-6-7-13(12(14)4)20-15(22)10-19-17(23)16(18)11(2)3/h6-8,11,16,21H,5,9-10,18H2,1-4H3,(H,19,23)(H,20,22)/t16-/m0/s1. The summed E-state index contributed by atoms with van der Waals surface area (Å²) in [5.74, 6) is -0.836. The zero-order valence-electron chi connectivity index (χ0n) is 15.6. The summed E-state index contributed by atoms with van der Waals surface area (Å²) in [5.41, 5.74) is 7.18. The third kappa shape index (κ3) is 6.64. The quantitative estimate of drug-likeness (QED) is 0.508. The van der Waals surface area contributed by atoms with Crippen LogP contribution in [0.4, 0.5) is 11.4 Å². The fourth-order valence-corrected chi connectivity index (χ4v) is 3.35. The van der Waals surface area contributed by atoms with Crippen molar-refractivity contribution in [2.45, 2.75) is 40.2 Å². The Morgan fingerprint density at radius 2 is 1.81 bits per heavy atom. The number of hydrogen-bond donors (Lipinski definition) is 4. The minimum Gasteiger partial charge on any atom is -0.346 e. The summed E-state index contributed by atoms with van der Waals surface area (Å²) in [6.45, 7) is 6.90. The Morgan fingerprint density at radius 1 is 1.19 bits per heavy atom. The van der Waals surface area contributed by atoms with Crippen LogP contribution in [-0.4, -0.2) is 38.6 Å². The summed E-state index contributed by atoms with van der Waals surface area (Å²) in [7, 11) is -3.43. The van der Waals surface area contributed by atoms with Crippen molar-refractivity contribution in [2.75, 3.05) is 22.3 Å². The van der Waals surface area contributed by atoms with Crippen molar-refractivity contribution < 1.29 is 18.0 Å². The van der Waals surface area contributed by atoms with Crippen LogP contribution < -0.4 is 21.1 Å². The summed E-state index contributed by atoms with van der Waals surface area (Å²) in [6.07, 6.45) is 0.503. The molecule has 1 aromatic rings. The molecule has 1 rings (SSSR count). The SMILES string of the molecule is CCCS(=O)(=O)Nc1cccc(NC(=O)CNC(=O)[C@@H](N)C(C)C)c1C. The first-order valence-corrected chi connectivity index (χ1v) is 10.2. The molecule has 5 N–H and O–H groups in total. The molecular formula is C17H28N4O4S. The number of nitrogens with one attached hydrogen (secondary N) is 3. The molecule has 9 heteroatoms.